The predicted octanol–water partition coefficient (Wildman–Crippen LogP) is 6.03. The molecule has 5 rings (SSSR count). The smallest absolute Gasteiger partial charge is 0.0922 e. The molecule has 0 amide bonds. The van der Waals surface area contributed by atoms with Crippen LogP contribution in [0.15, 0.2) is 12.2 Å². The monoisotopic (exact) mass is 372 g/mol. The van der Waals surface area contributed by atoms with E-state index in [4.69, 9.17) is 4.74 Å². The first kappa shape index (κ1) is 18.7. The number of hydrogen-bond donors (Lipinski definition) is 1. The zero-order valence-corrected chi connectivity index (χ0v) is 17.2. The fraction of sp³-hybridized carbons (Fsp3) is 0.920. The number of hydrogen-bond acceptors (Lipinski definition) is 2. The Bertz CT molecular complexity index is 510. The number of rotatable bonds is 2. The Morgan fingerprint density at radius 3 is 2.00 bits per heavy atom. The normalized spacial score (nSPS) is 43.1. The lowest BCUT2D eigenvalue weighted by molar-refractivity contribution is -0.212. The summed E-state index contributed by atoms with van der Waals surface area (Å²) in [4.78, 5) is 0. The Labute approximate surface area is 166 Å². The van der Waals surface area contributed by atoms with Gasteiger partial charge in [0.15, 0.2) is 0 Å². The van der Waals surface area contributed by atoms with E-state index < -0.39 is 0 Å². The molecule has 5 aliphatic rings. The van der Waals surface area contributed by atoms with Crippen molar-refractivity contribution in [2.24, 2.45) is 29.6 Å². The minimum absolute atomic E-state index is 0.0128. The van der Waals surface area contributed by atoms with Crippen molar-refractivity contribution < 1.29 is 9.84 Å². The van der Waals surface area contributed by atoms with E-state index in [-0.39, 0.29) is 23.7 Å². The van der Waals surface area contributed by atoms with Crippen LogP contribution in [0.2, 0.25) is 0 Å². The topological polar surface area (TPSA) is 29.5 Å². The number of aliphatic hydroxyl groups excluding tert-OH is 1. The van der Waals surface area contributed by atoms with E-state index >= 15 is 0 Å². The Hall–Kier alpha value is -0.340. The Kier molecular flexibility index (Phi) is 5.41. The molecule has 4 saturated carbocycles. The minimum Gasteiger partial charge on any atom is -0.392 e. The second kappa shape index (κ2) is 7.82. The molecule has 0 spiro atoms. The summed E-state index contributed by atoms with van der Waals surface area (Å²) in [5, 5.41) is 10.9. The highest BCUT2D eigenvalue weighted by atomic mass is 16.5. The van der Waals surface area contributed by atoms with E-state index in [1.807, 2.05) is 0 Å². The van der Waals surface area contributed by atoms with Gasteiger partial charge in [-0.25, -0.2) is 0 Å². The van der Waals surface area contributed by atoms with E-state index in [1.54, 1.807) is 0 Å². The molecule has 2 heteroatoms. The Morgan fingerprint density at radius 1 is 0.741 bits per heavy atom. The van der Waals surface area contributed by atoms with Crippen molar-refractivity contribution in [1.29, 1.82) is 0 Å². The quantitative estimate of drug-likeness (QED) is 0.600. The molecule has 4 aliphatic carbocycles. The molecule has 0 bridgehead atoms. The van der Waals surface area contributed by atoms with Gasteiger partial charge >= 0.3 is 0 Å². The Morgan fingerprint density at radius 2 is 1.33 bits per heavy atom. The van der Waals surface area contributed by atoms with Crippen molar-refractivity contribution in [2.75, 3.05) is 0 Å². The van der Waals surface area contributed by atoms with Crippen LogP contribution in [-0.2, 0) is 4.74 Å². The van der Waals surface area contributed by atoms with Crippen LogP contribution in [0, 0.1) is 29.6 Å². The first-order valence-corrected chi connectivity index (χ1v) is 12.3. The molecule has 5 atom stereocenters. The van der Waals surface area contributed by atoms with Gasteiger partial charge in [-0.3, -0.25) is 0 Å². The van der Waals surface area contributed by atoms with Crippen LogP contribution in [0.5, 0.6) is 0 Å². The lowest BCUT2D eigenvalue weighted by Gasteiger charge is -2.56. The van der Waals surface area contributed by atoms with Gasteiger partial charge in [-0.15, -0.1) is 0 Å². The van der Waals surface area contributed by atoms with Gasteiger partial charge in [-0.1, -0.05) is 63.5 Å². The van der Waals surface area contributed by atoms with Crippen molar-refractivity contribution in [1.82, 2.24) is 0 Å². The molecule has 0 aromatic heterocycles. The van der Waals surface area contributed by atoms with Crippen molar-refractivity contribution in [3.8, 4) is 0 Å². The molecule has 5 unspecified atom stereocenters. The molecule has 0 aromatic carbocycles. The molecule has 4 fully saturated rings. The van der Waals surface area contributed by atoms with Gasteiger partial charge < -0.3 is 9.84 Å². The third-order valence-corrected chi connectivity index (χ3v) is 9.16. The van der Waals surface area contributed by atoms with E-state index in [9.17, 15) is 5.11 Å². The van der Waals surface area contributed by atoms with Gasteiger partial charge in [-0.2, -0.15) is 0 Å². The molecule has 27 heavy (non-hydrogen) atoms. The van der Waals surface area contributed by atoms with Crippen molar-refractivity contribution in [3.63, 3.8) is 0 Å². The average Bonchev–Trinajstić information content (AvgIpc) is 2.75. The molecular weight excluding hydrogens is 332 g/mol. The summed E-state index contributed by atoms with van der Waals surface area (Å²) in [6, 6.07) is 0. The van der Waals surface area contributed by atoms with Crippen LogP contribution in [0.4, 0.5) is 0 Å². The second-order valence-corrected chi connectivity index (χ2v) is 10.6. The van der Waals surface area contributed by atoms with Gasteiger partial charge in [0.1, 0.15) is 0 Å². The summed E-state index contributed by atoms with van der Waals surface area (Å²) >= 11 is 0. The number of fused-ring (bicyclic) bond motifs is 3. The first-order chi connectivity index (χ1) is 13.3. The van der Waals surface area contributed by atoms with Crippen LogP contribution < -0.4 is 0 Å². The highest BCUT2D eigenvalue weighted by Gasteiger charge is 2.54. The predicted molar refractivity (Wildman–Crippen MR) is 109 cm³/mol. The summed E-state index contributed by atoms with van der Waals surface area (Å²) in [6.45, 7) is 0. The van der Waals surface area contributed by atoms with Gasteiger partial charge in [0.25, 0.3) is 0 Å². The maximum absolute atomic E-state index is 10.9. The average molecular weight is 373 g/mol. The Balaban J connectivity index is 1.48. The summed E-state index contributed by atoms with van der Waals surface area (Å²) in [7, 11) is 0. The van der Waals surface area contributed by atoms with Gasteiger partial charge in [0.05, 0.1) is 17.8 Å². The van der Waals surface area contributed by atoms with Crippen LogP contribution in [-0.4, -0.2) is 22.9 Å². The molecule has 0 radical (unpaired) electrons. The van der Waals surface area contributed by atoms with Gasteiger partial charge in [0.2, 0.25) is 0 Å². The largest absolute Gasteiger partial charge is 0.392 e. The molecule has 0 aromatic rings. The van der Waals surface area contributed by atoms with Crippen molar-refractivity contribution in [2.45, 2.75) is 114 Å². The second-order valence-electron chi connectivity index (χ2n) is 10.6. The maximum Gasteiger partial charge on any atom is 0.0922 e. The van der Waals surface area contributed by atoms with Gasteiger partial charge in [-0.05, 0) is 68.6 Å². The zero-order chi connectivity index (χ0) is 18.3. The molecule has 152 valence electrons. The van der Waals surface area contributed by atoms with E-state index in [0.717, 1.165) is 6.42 Å². The van der Waals surface area contributed by atoms with E-state index in [1.165, 1.54) is 89.9 Å². The van der Waals surface area contributed by atoms with Crippen LogP contribution in [0.25, 0.3) is 0 Å². The first-order valence-electron chi connectivity index (χ1n) is 12.3. The molecule has 0 saturated heterocycles. The van der Waals surface area contributed by atoms with E-state index in [0.29, 0.717) is 23.7 Å². The molecule has 1 N–H and O–H groups in total. The lowest BCUT2D eigenvalue weighted by atomic mass is 9.60. The standard InChI is InChI=1S/C25H40O2/c26-23-17-18-9-7-8-14-21(18)24-22(23)15-16-25(27-24,19-10-3-1-4-11-19)20-12-5-2-6-13-20/h15-16,18-24,26H,1-14,17H2. The third-order valence-electron chi connectivity index (χ3n) is 9.16. The van der Waals surface area contributed by atoms with Crippen molar-refractivity contribution in [3.05, 3.63) is 12.2 Å². The van der Waals surface area contributed by atoms with Crippen LogP contribution >= 0.6 is 0 Å². The van der Waals surface area contributed by atoms with Crippen LogP contribution in [0.3, 0.4) is 0 Å². The molecular formula is C25H40O2. The third kappa shape index (κ3) is 3.33. The van der Waals surface area contributed by atoms with Crippen LogP contribution in [0.1, 0.15) is 96.3 Å². The summed E-state index contributed by atoms with van der Waals surface area (Å²) in [6.07, 6.45) is 25.3. The highest BCUT2D eigenvalue weighted by molar-refractivity contribution is 5.19. The molecule has 1 heterocycles. The zero-order valence-electron chi connectivity index (χ0n) is 17.2. The summed E-state index contributed by atoms with van der Waals surface area (Å²) in [5.41, 5.74) is -0.0128. The van der Waals surface area contributed by atoms with Gasteiger partial charge in [0, 0.05) is 5.92 Å². The number of aliphatic hydroxyl groups is 1. The van der Waals surface area contributed by atoms with Crippen molar-refractivity contribution >= 4 is 0 Å². The van der Waals surface area contributed by atoms with E-state index in [2.05, 4.69) is 12.2 Å². The molecule has 1 aliphatic heterocycles. The minimum atomic E-state index is -0.179. The fourth-order valence-corrected chi connectivity index (χ4v) is 7.78. The summed E-state index contributed by atoms with van der Waals surface area (Å²) in [5.74, 6) is 3.09. The lowest BCUT2D eigenvalue weighted by Crippen LogP contribution is -2.59. The summed E-state index contributed by atoms with van der Waals surface area (Å²) < 4.78 is 7.35. The fourth-order valence-electron chi connectivity index (χ4n) is 7.78. The maximum atomic E-state index is 10.9. The number of ether oxygens (including phenoxy) is 1. The SMILES string of the molecule is OC1CC2CCCCC2C2OC(C3CCCCC3)(C3CCCCC3)C=CC12. The highest BCUT2D eigenvalue weighted by Crippen LogP contribution is 2.54. The molecule has 2 nitrogen and oxygen atoms in total.